The summed E-state index contributed by atoms with van der Waals surface area (Å²) >= 11 is 5.76. The van der Waals surface area contributed by atoms with Gasteiger partial charge in [-0.1, -0.05) is 24.3 Å². The maximum atomic E-state index is 11.9. The van der Waals surface area contributed by atoms with Gasteiger partial charge in [-0.05, 0) is 48.5 Å². The minimum atomic E-state index is -0.428. The zero-order chi connectivity index (χ0) is 14.4. The summed E-state index contributed by atoms with van der Waals surface area (Å²) in [6, 6.07) is 13.3. The van der Waals surface area contributed by atoms with Crippen molar-refractivity contribution < 1.29 is 14.3 Å². The quantitative estimate of drug-likeness (QED) is 0.471. The first-order valence-electron chi connectivity index (χ1n) is 6.00. The molecule has 20 heavy (non-hydrogen) atoms. The number of esters is 1. The molecular weight excluding hydrogens is 276 g/mol. The van der Waals surface area contributed by atoms with E-state index in [2.05, 4.69) is 6.58 Å². The fourth-order valence-corrected chi connectivity index (χ4v) is 1.64. The second-order valence-electron chi connectivity index (χ2n) is 3.97. The third-order valence-corrected chi connectivity index (χ3v) is 2.73. The second kappa shape index (κ2) is 6.78. The van der Waals surface area contributed by atoms with E-state index < -0.39 is 5.97 Å². The Morgan fingerprint density at radius 2 is 1.65 bits per heavy atom. The van der Waals surface area contributed by atoms with Crippen LogP contribution in [-0.4, -0.2) is 12.6 Å². The first-order valence-corrected chi connectivity index (χ1v) is 6.38. The largest absolute Gasteiger partial charge is 0.490 e. The summed E-state index contributed by atoms with van der Waals surface area (Å²) in [5, 5.41) is 0.591. The number of rotatable bonds is 5. The van der Waals surface area contributed by atoms with Gasteiger partial charge in [0.15, 0.2) is 0 Å². The van der Waals surface area contributed by atoms with E-state index >= 15 is 0 Å². The van der Waals surface area contributed by atoms with Crippen molar-refractivity contribution in [2.75, 3.05) is 6.61 Å². The molecule has 2 aromatic rings. The number of carbonyl (C=O) groups is 1. The average molecular weight is 289 g/mol. The van der Waals surface area contributed by atoms with Crippen LogP contribution in [0.3, 0.4) is 0 Å². The van der Waals surface area contributed by atoms with Crippen LogP contribution >= 0.6 is 11.6 Å². The molecule has 0 spiro atoms. The van der Waals surface area contributed by atoms with Crippen molar-refractivity contribution in [1.82, 2.24) is 0 Å². The van der Waals surface area contributed by atoms with Gasteiger partial charge in [0.2, 0.25) is 0 Å². The lowest BCUT2D eigenvalue weighted by atomic mass is 10.2. The van der Waals surface area contributed by atoms with Gasteiger partial charge in [0, 0.05) is 5.02 Å². The van der Waals surface area contributed by atoms with Crippen LogP contribution in [0.4, 0.5) is 0 Å². The molecule has 0 fully saturated rings. The molecule has 0 bridgehead atoms. The predicted molar refractivity (Wildman–Crippen MR) is 78.5 cm³/mol. The van der Waals surface area contributed by atoms with Gasteiger partial charge >= 0.3 is 5.97 Å². The van der Waals surface area contributed by atoms with Gasteiger partial charge in [-0.15, -0.1) is 0 Å². The number of hydrogen-bond acceptors (Lipinski definition) is 3. The van der Waals surface area contributed by atoms with Gasteiger partial charge < -0.3 is 9.47 Å². The first kappa shape index (κ1) is 14.2. The number of benzene rings is 2. The summed E-state index contributed by atoms with van der Waals surface area (Å²) in [6.45, 7) is 3.99. The van der Waals surface area contributed by atoms with Gasteiger partial charge in [0.05, 0.1) is 5.56 Å². The maximum absolute atomic E-state index is 11.9. The summed E-state index contributed by atoms with van der Waals surface area (Å²) in [6.07, 6.45) is 1.66. The molecule has 0 atom stereocenters. The molecule has 0 saturated carbocycles. The third kappa shape index (κ3) is 3.87. The normalized spacial score (nSPS) is 9.85. The van der Waals surface area contributed by atoms with Gasteiger partial charge in [-0.2, -0.15) is 0 Å². The molecular formula is C16H13ClO3. The van der Waals surface area contributed by atoms with Crippen molar-refractivity contribution in [2.45, 2.75) is 0 Å². The Hall–Kier alpha value is -2.26. The second-order valence-corrected chi connectivity index (χ2v) is 4.40. The molecule has 0 radical (unpaired) electrons. The molecule has 0 aliphatic rings. The standard InChI is InChI=1S/C16H13ClO3/c1-2-11-19-14-7-3-12(4-8-14)16(18)20-15-9-5-13(17)6-10-15/h2-10H,1,11H2. The first-order chi connectivity index (χ1) is 9.69. The molecule has 0 amide bonds. The van der Waals surface area contributed by atoms with Crippen LogP contribution in [0.25, 0.3) is 0 Å². The predicted octanol–water partition coefficient (Wildman–Crippen LogP) is 4.12. The minimum Gasteiger partial charge on any atom is -0.490 e. The lowest BCUT2D eigenvalue weighted by molar-refractivity contribution is 0.0735. The lowest BCUT2D eigenvalue weighted by Gasteiger charge is -2.06. The highest BCUT2D eigenvalue weighted by Crippen LogP contribution is 2.18. The van der Waals surface area contributed by atoms with Crippen molar-refractivity contribution >= 4 is 17.6 Å². The van der Waals surface area contributed by atoms with Crippen LogP contribution in [0, 0.1) is 0 Å². The van der Waals surface area contributed by atoms with Crippen LogP contribution < -0.4 is 9.47 Å². The molecule has 0 heterocycles. The van der Waals surface area contributed by atoms with Crippen molar-refractivity contribution in [3.8, 4) is 11.5 Å². The molecule has 4 heteroatoms. The van der Waals surface area contributed by atoms with Crippen molar-refractivity contribution in [3.63, 3.8) is 0 Å². The average Bonchev–Trinajstić information content (AvgIpc) is 2.48. The molecule has 0 N–H and O–H groups in total. The van der Waals surface area contributed by atoms with Crippen molar-refractivity contribution in [2.24, 2.45) is 0 Å². The van der Waals surface area contributed by atoms with Gasteiger partial charge in [-0.25, -0.2) is 4.79 Å². The van der Waals surface area contributed by atoms with E-state index in [0.717, 1.165) is 0 Å². The maximum Gasteiger partial charge on any atom is 0.343 e. The molecule has 3 nitrogen and oxygen atoms in total. The smallest absolute Gasteiger partial charge is 0.343 e. The van der Waals surface area contributed by atoms with E-state index in [4.69, 9.17) is 21.1 Å². The van der Waals surface area contributed by atoms with Crippen molar-refractivity contribution in [1.29, 1.82) is 0 Å². The Bertz CT molecular complexity index is 588. The molecule has 0 saturated heterocycles. The van der Waals surface area contributed by atoms with Gasteiger partial charge in [0.25, 0.3) is 0 Å². The van der Waals surface area contributed by atoms with Crippen LogP contribution in [-0.2, 0) is 0 Å². The third-order valence-electron chi connectivity index (χ3n) is 2.48. The molecule has 2 aromatic carbocycles. The Morgan fingerprint density at radius 1 is 1.05 bits per heavy atom. The molecule has 0 aromatic heterocycles. The Kier molecular flexibility index (Phi) is 4.80. The van der Waals surface area contributed by atoms with Gasteiger partial charge in [0.1, 0.15) is 18.1 Å². The Balaban J connectivity index is 2.01. The highest BCUT2D eigenvalue weighted by Gasteiger charge is 2.08. The number of carbonyl (C=O) groups excluding carboxylic acids is 1. The van der Waals surface area contributed by atoms with Crippen molar-refractivity contribution in [3.05, 3.63) is 71.8 Å². The van der Waals surface area contributed by atoms with E-state index in [1.54, 1.807) is 54.6 Å². The fraction of sp³-hybridized carbons (Fsp3) is 0.0625. The zero-order valence-electron chi connectivity index (χ0n) is 10.7. The van der Waals surface area contributed by atoms with Crippen LogP contribution in [0.2, 0.25) is 5.02 Å². The minimum absolute atomic E-state index is 0.425. The molecule has 102 valence electrons. The SMILES string of the molecule is C=CCOc1ccc(C(=O)Oc2ccc(Cl)cc2)cc1. The Morgan fingerprint density at radius 3 is 2.25 bits per heavy atom. The lowest BCUT2D eigenvalue weighted by Crippen LogP contribution is -2.08. The van der Waals surface area contributed by atoms with E-state index in [1.807, 2.05) is 0 Å². The van der Waals surface area contributed by atoms with E-state index in [0.29, 0.717) is 28.7 Å². The summed E-state index contributed by atoms with van der Waals surface area (Å²) < 4.78 is 10.6. The van der Waals surface area contributed by atoms with E-state index in [-0.39, 0.29) is 0 Å². The van der Waals surface area contributed by atoms with E-state index in [1.165, 1.54) is 0 Å². The van der Waals surface area contributed by atoms with E-state index in [9.17, 15) is 4.79 Å². The summed E-state index contributed by atoms with van der Waals surface area (Å²) in [4.78, 5) is 11.9. The summed E-state index contributed by atoms with van der Waals surface area (Å²) in [5.41, 5.74) is 0.450. The summed E-state index contributed by atoms with van der Waals surface area (Å²) in [7, 11) is 0. The van der Waals surface area contributed by atoms with Crippen LogP contribution in [0.5, 0.6) is 11.5 Å². The molecule has 0 unspecified atom stereocenters. The zero-order valence-corrected chi connectivity index (χ0v) is 11.5. The topological polar surface area (TPSA) is 35.5 Å². The van der Waals surface area contributed by atoms with Gasteiger partial charge in [-0.3, -0.25) is 0 Å². The number of halogens is 1. The molecule has 0 aliphatic heterocycles. The number of hydrogen-bond donors (Lipinski definition) is 0. The highest BCUT2D eigenvalue weighted by atomic mass is 35.5. The highest BCUT2D eigenvalue weighted by molar-refractivity contribution is 6.30. The Labute approximate surface area is 122 Å². The fourth-order valence-electron chi connectivity index (χ4n) is 1.51. The monoisotopic (exact) mass is 288 g/mol. The van der Waals surface area contributed by atoms with Crippen LogP contribution in [0.1, 0.15) is 10.4 Å². The molecule has 2 rings (SSSR count). The molecule has 0 aliphatic carbocycles. The van der Waals surface area contributed by atoms with Crippen LogP contribution in [0.15, 0.2) is 61.2 Å². The summed E-state index contributed by atoms with van der Waals surface area (Å²) in [5.74, 6) is 0.696. The number of ether oxygens (including phenoxy) is 2.